The molecule has 4 aromatic rings. The molecule has 1 amide bonds. The summed E-state index contributed by atoms with van der Waals surface area (Å²) in [4.78, 5) is 14.8. The van der Waals surface area contributed by atoms with Gasteiger partial charge in [0.1, 0.15) is 0 Å². The van der Waals surface area contributed by atoms with Gasteiger partial charge in [0.25, 0.3) is 5.95 Å². The maximum absolute atomic E-state index is 13.0. The summed E-state index contributed by atoms with van der Waals surface area (Å²) in [6.07, 6.45) is 0. The van der Waals surface area contributed by atoms with Crippen LogP contribution in [0.25, 0.3) is 16.7 Å². The van der Waals surface area contributed by atoms with E-state index in [9.17, 15) is 4.79 Å². The largest absolute Gasteiger partial charge is 0.334 e. The Balaban J connectivity index is 1.53. The third-order valence-corrected chi connectivity index (χ3v) is 5.77. The van der Waals surface area contributed by atoms with Gasteiger partial charge in [-0.25, -0.2) is 9.36 Å². The molecule has 4 rings (SSSR count). The predicted molar refractivity (Wildman–Crippen MR) is 119 cm³/mol. The van der Waals surface area contributed by atoms with Crippen molar-refractivity contribution >= 4 is 34.1 Å². The minimum Gasteiger partial charge on any atom is -0.334 e. The third kappa shape index (κ3) is 3.63. The summed E-state index contributed by atoms with van der Waals surface area (Å²) in [5, 5.41) is 15.3. The van der Waals surface area contributed by atoms with Crippen LogP contribution in [-0.4, -0.2) is 42.9 Å². The number of amides is 1. The molecule has 8 nitrogen and oxygen atoms in total. The highest BCUT2D eigenvalue weighted by Crippen LogP contribution is 2.28. The first-order valence-corrected chi connectivity index (χ1v) is 10.6. The zero-order valence-corrected chi connectivity index (χ0v) is 17.9. The van der Waals surface area contributed by atoms with Crippen molar-refractivity contribution in [3.63, 3.8) is 0 Å². The van der Waals surface area contributed by atoms with E-state index in [1.807, 2.05) is 69.3 Å². The topological polar surface area (TPSA) is 94.9 Å². The molecule has 0 aliphatic rings. The van der Waals surface area contributed by atoms with Gasteiger partial charge in [0.05, 0.1) is 17.1 Å². The van der Waals surface area contributed by atoms with Crippen molar-refractivity contribution in [2.45, 2.75) is 25.9 Å². The van der Waals surface area contributed by atoms with Gasteiger partial charge < -0.3 is 10.7 Å². The summed E-state index contributed by atoms with van der Waals surface area (Å²) >= 11 is 1.26. The van der Waals surface area contributed by atoms with Crippen LogP contribution in [0.3, 0.4) is 0 Å². The number of thioether (sulfide) groups is 1. The molecule has 0 bridgehead atoms. The van der Waals surface area contributed by atoms with Crippen molar-refractivity contribution in [2.24, 2.45) is 0 Å². The predicted octanol–water partition coefficient (Wildman–Crippen LogP) is 3.09. The van der Waals surface area contributed by atoms with Gasteiger partial charge >= 0.3 is 0 Å². The number of aryl methyl sites for hydroxylation is 2. The molecule has 2 N–H and O–H groups in total. The number of aromatic nitrogens is 5. The quantitative estimate of drug-likeness (QED) is 0.380. The van der Waals surface area contributed by atoms with Crippen molar-refractivity contribution in [1.82, 2.24) is 24.7 Å². The molecule has 0 spiro atoms. The standard InChI is InChI=1S/C21H23N7OS/c1-4-26(18-11-7-9-16-8-5-6-10-17(16)18)19(29)13-30-21-24-23-20(27(21)22)28-15(3)12-14(2)25-28/h5-12H,4,13,22H2,1-3H3. The molecular formula is C21H23N7OS. The highest BCUT2D eigenvalue weighted by molar-refractivity contribution is 7.99. The van der Waals surface area contributed by atoms with Crippen LogP contribution in [0, 0.1) is 13.8 Å². The van der Waals surface area contributed by atoms with Gasteiger partial charge in [-0.05, 0) is 38.3 Å². The molecule has 0 aliphatic heterocycles. The lowest BCUT2D eigenvalue weighted by Crippen LogP contribution is -2.32. The molecule has 30 heavy (non-hydrogen) atoms. The fourth-order valence-corrected chi connectivity index (χ4v) is 4.20. The molecule has 2 aromatic carbocycles. The number of carbonyl (C=O) groups is 1. The zero-order valence-electron chi connectivity index (χ0n) is 17.1. The van der Waals surface area contributed by atoms with Crippen LogP contribution in [-0.2, 0) is 4.79 Å². The number of rotatable bonds is 6. The summed E-state index contributed by atoms with van der Waals surface area (Å²) in [6.45, 7) is 6.37. The number of nitrogens with zero attached hydrogens (tertiary/aromatic N) is 6. The van der Waals surface area contributed by atoms with E-state index in [2.05, 4.69) is 15.3 Å². The molecule has 0 aliphatic carbocycles. The van der Waals surface area contributed by atoms with Crippen LogP contribution >= 0.6 is 11.8 Å². The molecule has 0 saturated carbocycles. The van der Waals surface area contributed by atoms with Gasteiger partial charge in [-0.1, -0.05) is 48.2 Å². The van der Waals surface area contributed by atoms with E-state index in [1.54, 1.807) is 9.58 Å². The van der Waals surface area contributed by atoms with Crippen LogP contribution in [0.4, 0.5) is 5.69 Å². The zero-order chi connectivity index (χ0) is 21.3. The fraction of sp³-hybridized carbons (Fsp3) is 0.238. The lowest BCUT2D eigenvalue weighted by atomic mass is 10.1. The average molecular weight is 422 g/mol. The van der Waals surface area contributed by atoms with Gasteiger partial charge in [-0.2, -0.15) is 5.10 Å². The second kappa shape index (κ2) is 8.19. The number of nitrogens with two attached hydrogens (primary N) is 1. The number of carbonyl (C=O) groups excluding carboxylic acids is 1. The number of fused-ring (bicyclic) bond motifs is 1. The van der Waals surface area contributed by atoms with E-state index < -0.39 is 0 Å². The summed E-state index contributed by atoms with van der Waals surface area (Å²) in [7, 11) is 0. The Morgan fingerprint density at radius 2 is 1.90 bits per heavy atom. The van der Waals surface area contributed by atoms with Crippen LogP contribution in [0.15, 0.2) is 53.7 Å². The monoisotopic (exact) mass is 421 g/mol. The molecule has 0 fully saturated rings. The van der Waals surface area contributed by atoms with E-state index in [1.165, 1.54) is 16.4 Å². The van der Waals surface area contributed by atoms with Crippen LogP contribution in [0.2, 0.25) is 0 Å². The average Bonchev–Trinajstić information content (AvgIpc) is 3.27. The first-order valence-electron chi connectivity index (χ1n) is 9.64. The van der Waals surface area contributed by atoms with Crippen LogP contribution in [0.1, 0.15) is 18.3 Å². The van der Waals surface area contributed by atoms with Gasteiger partial charge in [0, 0.05) is 17.6 Å². The molecule has 0 unspecified atom stereocenters. The summed E-state index contributed by atoms with van der Waals surface area (Å²) < 4.78 is 3.01. The van der Waals surface area contributed by atoms with Crippen LogP contribution < -0.4 is 10.7 Å². The Hall–Kier alpha value is -3.33. The lowest BCUT2D eigenvalue weighted by Gasteiger charge is -2.22. The summed E-state index contributed by atoms with van der Waals surface area (Å²) in [6, 6.07) is 16.0. The molecular weight excluding hydrogens is 398 g/mol. The van der Waals surface area contributed by atoms with Gasteiger partial charge in [-0.15, -0.1) is 10.2 Å². The summed E-state index contributed by atoms with van der Waals surface area (Å²) in [5.41, 5.74) is 2.68. The van der Waals surface area contributed by atoms with Gasteiger partial charge in [0.15, 0.2) is 0 Å². The van der Waals surface area contributed by atoms with Crippen molar-refractivity contribution in [3.8, 4) is 5.95 Å². The molecule has 0 atom stereocenters. The minimum absolute atomic E-state index is 0.0190. The molecule has 0 saturated heterocycles. The Bertz CT molecular complexity index is 1210. The van der Waals surface area contributed by atoms with E-state index in [0.29, 0.717) is 17.6 Å². The molecule has 2 heterocycles. The SMILES string of the molecule is CCN(C(=O)CSc1nnc(-n2nc(C)cc2C)n1N)c1cccc2ccccc12. The fourth-order valence-electron chi connectivity index (χ4n) is 3.47. The maximum Gasteiger partial charge on any atom is 0.271 e. The normalized spacial score (nSPS) is 11.2. The highest BCUT2D eigenvalue weighted by Gasteiger charge is 2.20. The third-order valence-electron chi connectivity index (χ3n) is 4.85. The van der Waals surface area contributed by atoms with Gasteiger partial charge in [0.2, 0.25) is 11.1 Å². The Labute approximate surface area is 178 Å². The van der Waals surface area contributed by atoms with Crippen molar-refractivity contribution in [1.29, 1.82) is 0 Å². The van der Waals surface area contributed by atoms with E-state index in [0.717, 1.165) is 27.8 Å². The number of nitrogen functional groups attached to an aromatic ring is 1. The van der Waals surface area contributed by atoms with E-state index in [-0.39, 0.29) is 11.7 Å². The second-order valence-corrected chi connectivity index (χ2v) is 7.86. The Morgan fingerprint density at radius 1 is 1.13 bits per heavy atom. The highest BCUT2D eigenvalue weighted by atomic mass is 32.2. The van der Waals surface area contributed by atoms with Crippen molar-refractivity contribution in [2.75, 3.05) is 23.0 Å². The minimum atomic E-state index is -0.0190. The van der Waals surface area contributed by atoms with E-state index >= 15 is 0 Å². The van der Waals surface area contributed by atoms with Gasteiger partial charge in [-0.3, -0.25) is 4.79 Å². The molecule has 0 radical (unpaired) electrons. The molecule has 2 aromatic heterocycles. The summed E-state index contributed by atoms with van der Waals surface area (Å²) in [5.74, 6) is 6.77. The molecule has 154 valence electrons. The maximum atomic E-state index is 13.0. The first-order chi connectivity index (χ1) is 14.5. The Morgan fingerprint density at radius 3 is 2.63 bits per heavy atom. The number of hydrogen-bond donors (Lipinski definition) is 1. The molecule has 9 heteroatoms. The number of benzene rings is 2. The van der Waals surface area contributed by atoms with Crippen molar-refractivity contribution < 1.29 is 4.79 Å². The van der Waals surface area contributed by atoms with Crippen LogP contribution in [0.5, 0.6) is 0 Å². The van der Waals surface area contributed by atoms with E-state index in [4.69, 9.17) is 5.84 Å². The lowest BCUT2D eigenvalue weighted by molar-refractivity contribution is -0.116. The Kier molecular flexibility index (Phi) is 5.45. The second-order valence-electron chi connectivity index (χ2n) is 6.92. The van der Waals surface area contributed by atoms with Crippen molar-refractivity contribution in [3.05, 3.63) is 59.9 Å². The first kappa shape index (κ1) is 20.0. The number of hydrogen-bond acceptors (Lipinski definition) is 6. The number of anilines is 1. The smallest absolute Gasteiger partial charge is 0.271 e.